The Labute approximate surface area is 99.8 Å². The number of nitrogens with one attached hydrogen (secondary N) is 1. The van der Waals surface area contributed by atoms with Crippen LogP contribution in [0.1, 0.15) is 23.9 Å². The van der Waals surface area contributed by atoms with Gasteiger partial charge in [-0.2, -0.15) is 0 Å². The minimum Gasteiger partial charge on any atom is -0.395 e. The molecule has 1 heterocycles. The number of nitrogen functional groups attached to an aromatic ring is 1. The summed E-state index contributed by atoms with van der Waals surface area (Å²) in [5.74, 6) is 0.0256. The van der Waals surface area contributed by atoms with E-state index in [4.69, 9.17) is 16.2 Å². The molecule has 1 aromatic rings. The van der Waals surface area contributed by atoms with Crippen LogP contribution in [0.3, 0.4) is 0 Å². The summed E-state index contributed by atoms with van der Waals surface area (Å²) in [6, 6.07) is 1.90. The number of aliphatic hydroxyl groups excluding tert-OH is 1. The van der Waals surface area contributed by atoms with Crippen LogP contribution in [-0.4, -0.2) is 27.8 Å². The van der Waals surface area contributed by atoms with Gasteiger partial charge in [-0.1, -0.05) is 6.92 Å². The summed E-state index contributed by atoms with van der Waals surface area (Å²) < 4.78 is 0. The molecule has 0 aliphatic rings. The van der Waals surface area contributed by atoms with Crippen molar-refractivity contribution in [2.24, 2.45) is 5.73 Å². The fourth-order valence-electron chi connectivity index (χ4n) is 1.47. The molecule has 0 saturated heterocycles. The van der Waals surface area contributed by atoms with Crippen LogP contribution in [0.5, 0.6) is 0 Å². The quantitative estimate of drug-likeness (QED) is 0.422. The van der Waals surface area contributed by atoms with Crippen LogP contribution in [0.2, 0.25) is 0 Å². The van der Waals surface area contributed by atoms with Crippen LogP contribution in [0, 0.1) is 19.3 Å². The second-order valence-corrected chi connectivity index (χ2v) is 5.23. The Morgan fingerprint density at radius 1 is 1.62 bits per heavy atom. The minimum absolute atomic E-state index is 0.0256. The van der Waals surface area contributed by atoms with Crippen molar-refractivity contribution in [2.75, 3.05) is 6.61 Å². The van der Waals surface area contributed by atoms with Gasteiger partial charge in [-0.05, 0) is 19.9 Å². The van der Waals surface area contributed by atoms with Gasteiger partial charge in [0.05, 0.1) is 12.2 Å². The van der Waals surface area contributed by atoms with Gasteiger partial charge in [0.1, 0.15) is 5.84 Å². The molecule has 4 N–H and O–H groups in total. The van der Waals surface area contributed by atoms with E-state index in [1.54, 1.807) is 0 Å². The standard InChI is InChI=1S/C11H17N3OS/c1-6-4-9(16-7(2)5-15)10(11(12)13)8(3)14-6/h4,7,15H,5H2,1-3H3,(H3,12,13). The zero-order valence-electron chi connectivity index (χ0n) is 9.74. The number of nitrogens with zero attached hydrogens (tertiary/aromatic N) is 1. The lowest BCUT2D eigenvalue weighted by Gasteiger charge is -2.14. The molecular weight excluding hydrogens is 222 g/mol. The van der Waals surface area contributed by atoms with E-state index in [1.807, 2.05) is 26.8 Å². The summed E-state index contributed by atoms with van der Waals surface area (Å²) >= 11 is 1.52. The number of thioether (sulfide) groups is 1. The van der Waals surface area contributed by atoms with Crippen LogP contribution in [0.25, 0.3) is 0 Å². The van der Waals surface area contributed by atoms with Gasteiger partial charge >= 0.3 is 0 Å². The molecule has 0 amide bonds. The van der Waals surface area contributed by atoms with Gasteiger partial charge in [-0.25, -0.2) is 0 Å². The molecule has 4 nitrogen and oxygen atoms in total. The molecule has 0 radical (unpaired) electrons. The number of aromatic nitrogens is 1. The lowest BCUT2D eigenvalue weighted by Crippen LogP contribution is -2.16. The Kier molecular flexibility index (Phi) is 4.32. The summed E-state index contributed by atoms with van der Waals surface area (Å²) in [7, 11) is 0. The summed E-state index contributed by atoms with van der Waals surface area (Å²) in [6.45, 7) is 5.78. The van der Waals surface area contributed by atoms with Crippen molar-refractivity contribution in [1.29, 1.82) is 5.41 Å². The minimum atomic E-state index is 0.0256. The fraction of sp³-hybridized carbons (Fsp3) is 0.455. The van der Waals surface area contributed by atoms with Gasteiger partial charge in [0.25, 0.3) is 0 Å². The Balaban J connectivity index is 3.19. The van der Waals surface area contributed by atoms with Crippen LogP contribution >= 0.6 is 11.8 Å². The van der Waals surface area contributed by atoms with E-state index in [1.165, 1.54) is 11.8 Å². The number of hydrogen-bond acceptors (Lipinski definition) is 4. The molecule has 5 heteroatoms. The average molecular weight is 239 g/mol. The van der Waals surface area contributed by atoms with E-state index in [0.717, 1.165) is 16.3 Å². The predicted molar refractivity (Wildman–Crippen MR) is 67.1 cm³/mol. The first kappa shape index (κ1) is 13.0. The van der Waals surface area contributed by atoms with Crippen LogP contribution in [0.15, 0.2) is 11.0 Å². The summed E-state index contributed by atoms with van der Waals surface area (Å²) in [6.07, 6.45) is 0. The van der Waals surface area contributed by atoms with Crippen LogP contribution < -0.4 is 5.73 Å². The van der Waals surface area contributed by atoms with Crippen LogP contribution in [-0.2, 0) is 0 Å². The SMILES string of the molecule is Cc1cc(SC(C)CO)c(C(=N)N)c(C)n1. The number of aliphatic hydroxyl groups is 1. The number of aryl methyl sites for hydroxylation is 2. The molecule has 0 spiro atoms. The summed E-state index contributed by atoms with van der Waals surface area (Å²) in [5, 5.41) is 16.7. The summed E-state index contributed by atoms with van der Waals surface area (Å²) in [5.41, 5.74) is 7.89. The summed E-state index contributed by atoms with van der Waals surface area (Å²) in [4.78, 5) is 5.21. The maximum absolute atomic E-state index is 9.04. The molecule has 0 aliphatic heterocycles. The van der Waals surface area contributed by atoms with Crippen molar-refractivity contribution < 1.29 is 5.11 Å². The smallest absolute Gasteiger partial charge is 0.125 e. The van der Waals surface area contributed by atoms with Crippen molar-refractivity contribution in [2.45, 2.75) is 30.9 Å². The molecule has 1 atom stereocenters. The molecule has 1 rings (SSSR count). The normalized spacial score (nSPS) is 12.5. The van der Waals surface area contributed by atoms with Gasteiger partial charge in [-0.15, -0.1) is 11.8 Å². The number of amidine groups is 1. The van der Waals surface area contributed by atoms with Gasteiger partial charge in [0.15, 0.2) is 0 Å². The van der Waals surface area contributed by atoms with Crippen molar-refractivity contribution >= 4 is 17.6 Å². The monoisotopic (exact) mass is 239 g/mol. The van der Waals surface area contributed by atoms with Crippen molar-refractivity contribution in [3.63, 3.8) is 0 Å². The molecule has 1 unspecified atom stereocenters. The molecular formula is C11H17N3OS. The molecule has 1 aromatic heterocycles. The second kappa shape index (κ2) is 5.32. The zero-order chi connectivity index (χ0) is 12.3. The lowest BCUT2D eigenvalue weighted by atomic mass is 10.1. The van der Waals surface area contributed by atoms with E-state index in [-0.39, 0.29) is 17.7 Å². The first-order valence-electron chi connectivity index (χ1n) is 5.05. The number of nitrogens with two attached hydrogens (primary N) is 1. The molecule has 16 heavy (non-hydrogen) atoms. The van der Waals surface area contributed by atoms with Crippen molar-refractivity contribution in [3.05, 3.63) is 23.0 Å². The highest BCUT2D eigenvalue weighted by Crippen LogP contribution is 2.28. The fourth-order valence-corrected chi connectivity index (χ4v) is 2.59. The van der Waals surface area contributed by atoms with E-state index >= 15 is 0 Å². The Morgan fingerprint density at radius 3 is 2.75 bits per heavy atom. The molecule has 0 aliphatic carbocycles. The molecule has 0 bridgehead atoms. The molecule has 0 aromatic carbocycles. The maximum atomic E-state index is 9.04. The van der Waals surface area contributed by atoms with E-state index in [0.29, 0.717) is 5.56 Å². The van der Waals surface area contributed by atoms with Crippen molar-refractivity contribution in [3.8, 4) is 0 Å². The van der Waals surface area contributed by atoms with Crippen molar-refractivity contribution in [1.82, 2.24) is 4.98 Å². The van der Waals surface area contributed by atoms with Gasteiger partial charge < -0.3 is 10.8 Å². The average Bonchev–Trinajstić information content (AvgIpc) is 2.15. The zero-order valence-corrected chi connectivity index (χ0v) is 10.6. The van der Waals surface area contributed by atoms with Gasteiger partial charge in [0.2, 0.25) is 0 Å². The highest BCUT2D eigenvalue weighted by atomic mass is 32.2. The van der Waals surface area contributed by atoms with Gasteiger partial charge in [-0.3, -0.25) is 10.4 Å². The molecule has 0 fully saturated rings. The third-order valence-electron chi connectivity index (χ3n) is 2.15. The molecule has 88 valence electrons. The van der Waals surface area contributed by atoms with E-state index < -0.39 is 0 Å². The van der Waals surface area contributed by atoms with Crippen LogP contribution in [0.4, 0.5) is 0 Å². The number of hydrogen-bond donors (Lipinski definition) is 3. The topological polar surface area (TPSA) is 83.0 Å². The second-order valence-electron chi connectivity index (χ2n) is 3.75. The predicted octanol–water partition coefficient (Wildman–Crippen LogP) is 1.46. The van der Waals surface area contributed by atoms with E-state index in [2.05, 4.69) is 4.98 Å². The first-order chi connectivity index (χ1) is 7.45. The third kappa shape index (κ3) is 2.96. The lowest BCUT2D eigenvalue weighted by molar-refractivity contribution is 0.300. The largest absolute Gasteiger partial charge is 0.395 e. The maximum Gasteiger partial charge on any atom is 0.125 e. The third-order valence-corrected chi connectivity index (χ3v) is 3.27. The van der Waals surface area contributed by atoms with E-state index in [9.17, 15) is 0 Å². The molecule has 0 saturated carbocycles. The Morgan fingerprint density at radius 2 is 2.25 bits per heavy atom. The number of pyridine rings is 1. The highest BCUT2D eigenvalue weighted by Gasteiger charge is 2.14. The highest BCUT2D eigenvalue weighted by molar-refractivity contribution is 8.00. The number of rotatable bonds is 4. The first-order valence-corrected chi connectivity index (χ1v) is 5.93. The van der Waals surface area contributed by atoms with Gasteiger partial charge in [0, 0.05) is 21.5 Å². The Bertz CT molecular complexity index is 406. The Hall–Kier alpha value is -1.07.